The molecular weight excluding hydrogens is 294 g/mol. The molecule has 0 aliphatic heterocycles. The molecule has 22 heavy (non-hydrogen) atoms. The van der Waals surface area contributed by atoms with Gasteiger partial charge in [0.2, 0.25) is 0 Å². The summed E-state index contributed by atoms with van der Waals surface area (Å²) < 4.78 is 0. The van der Waals surface area contributed by atoms with E-state index in [0.29, 0.717) is 10.7 Å². The van der Waals surface area contributed by atoms with Gasteiger partial charge in [-0.1, -0.05) is 12.1 Å². The third-order valence-electron chi connectivity index (χ3n) is 3.91. The molecule has 2 heterocycles. The van der Waals surface area contributed by atoms with Crippen LogP contribution < -0.4 is 5.32 Å². The molecule has 1 aliphatic rings. The molecular formula is C17H15N3OS. The van der Waals surface area contributed by atoms with Crippen molar-refractivity contribution in [2.24, 2.45) is 0 Å². The summed E-state index contributed by atoms with van der Waals surface area (Å²) in [5, 5.41) is 4.65. The van der Waals surface area contributed by atoms with Crippen molar-refractivity contribution in [1.82, 2.24) is 9.97 Å². The highest BCUT2D eigenvalue weighted by molar-refractivity contribution is 7.16. The van der Waals surface area contributed by atoms with Gasteiger partial charge in [-0.2, -0.15) is 0 Å². The Bertz CT molecular complexity index is 863. The first-order valence-corrected chi connectivity index (χ1v) is 8.18. The second-order valence-electron chi connectivity index (χ2n) is 5.56. The summed E-state index contributed by atoms with van der Waals surface area (Å²) in [4.78, 5) is 22.7. The molecule has 4 nitrogen and oxygen atoms in total. The third-order valence-corrected chi connectivity index (χ3v) is 4.98. The number of nitrogens with zero attached hydrogens (tertiary/aromatic N) is 2. The summed E-state index contributed by atoms with van der Waals surface area (Å²) in [6.07, 6.45) is 3.29. The highest BCUT2D eigenvalue weighted by atomic mass is 32.1. The van der Waals surface area contributed by atoms with E-state index in [0.717, 1.165) is 35.1 Å². The maximum atomic E-state index is 12.4. The zero-order valence-electron chi connectivity index (χ0n) is 12.2. The average molecular weight is 309 g/mol. The van der Waals surface area contributed by atoms with Crippen molar-refractivity contribution in [1.29, 1.82) is 0 Å². The molecule has 0 radical (unpaired) electrons. The maximum absolute atomic E-state index is 12.4. The molecule has 1 aromatic carbocycles. The van der Waals surface area contributed by atoms with Gasteiger partial charge < -0.3 is 0 Å². The van der Waals surface area contributed by atoms with Crippen LogP contribution in [0.3, 0.4) is 0 Å². The molecule has 0 atom stereocenters. The topological polar surface area (TPSA) is 54.9 Å². The van der Waals surface area contributed by atoms with Gasteiger partial charge in [-0.3, -0.25) is 15.1 Å². The van der Waals surface area contributed by atoms with Crippen LogP contribution in [0.5, 0.6) is 0 Å². The van der Waals surface area contributed by atoms with Gasteiger partial charge in [0.05, 0.1) is 11.2 Å². The van der Waals surface area contributed by atoms with Crippen LogP contribution in [0.4, 0.5) is 5.13 Å². The number of aromatic nitrogens is 2. The average Bonchev–Trinajstić information content (AvgIpc) is 3.07. The predicted octanol–water partition coefficient (Wildman–Crippen LogP) is 3.74. The standard InChI is InChI=1S/C17H15N3OS/c1-10-5-6-11-7-8-12(9-14(11)18-10)16(21)20-17-19-13-3-2-4-15(13)22-17/h5-9H,2-4H2,1H3,(H,19,20,21). The third kappa shape index (κ3) is 2.37. The Labute approximate surface area is 132 Å². The molecule has 1 N–H and O–H groups in total. The maximum Gasteiger partial charge on any atom is 0.257 e. The Morgan fingerprint density at radius 2 is 2.05 bits per heavy atom. The van der Waals surface area contributed by atoms with Gasteiger partial charge >= 0.3 is 0 Å². The molecule has 0 spiro atoms. The van der Waals surface area contributed by atoms with E-state index < -0.39 is 0 Å². The normalized spacial score (nSPS) is 13.3. The molecule has 0 saturated carbocycles. The van der Waals surface area contributed by atoms with E-state index >= 15 is 0 Å². The minimum atomic E-state index is -0.127. The van der Waals surface area contributed by atoms with Gasteiger partial charge in [0.25, 0.3) is 5.91 Å². The van der Waals surface area contributed by atoms with Crippen molar-refractivity contribution in [2.75, 3.05) is 5.32 Å². The molecule has 0 unspecified atom stereocenters. The first-order valence-electron chi connectivity index (χ1n) is 7.36. The highest BCUT2D eigenvalue weighted by Crippen LogP contribution is 2.30. The monoisotopic (exact) mass is 309 g/mol. The fourth-order valence-corrected chi connectivity index (χ4v) is 3.82. The predicted molar refractivity (Wildman–Crippen MR) is 88.6 cm³/mol. The van der Waals surface area contributed by atoms with E-state index in [4.69, 9.17) is 0 Å². The molecule has 0 bridgehead atoms. The van der Waals surface area contributed by atoms with Crippen LogP contribution in [-0.2, 0) is 12.8 Å². The molecule has 5 heteroatoms. The minimum absolute atomic E-state index is 0.127. The van der Waals surface area contributed by atoms with Crippen molar-refractivity contribution in [3.63, 3.8) is 0 Å². The van der Waals surface area contributed by atoms with Gasteiger partial charge in [0.1, 0.15) is 0 Å². The Balaban J connectivity index is 1.61. The lowest BCUT2D eigenvalue weighted by atomic mass is 10.1. The number of thiazole rings is 1. The number of carbonyl (C=O) groups is 1. The molecule has 0 fully saturated rings. The first-order chi connectivity index (χ1) is 10.7. The van der Waals surface area contributed by atoms with Crippen LogP contribution >= 0.6 is 11.3 Å². The lowest BCUT2D eigenvalue weighted by Gasteiger charge is -2.04. The summed E-state index contributed by atoms with van der Waals surface area (Å²) in [5.74, 6) is -0.127. The van der Waals surface area contributed by atoms with Crippen LogP contribution in [-0.4, -0.2) is 15.9 Å². The van der Waals surface area contributed by atoms with E-state index in [9.17, 15) is 4.79 Å². The molecule has 3 aromatic rings. The SMILES string of the molecule is Cc1ccc2ccc(C(=O)Nc3nc4c(s3)CCC4)cc2n1. The second kappa shape index (κ2) is 5.18. The number of amides is 1. The second-order valence-corrected chi connectivity index (χ2v) is 6.64. The van der Waals surface area contributed by atoms with Gasteiger partial charge in [0, 0.05) is 21.5 Å². The van der Waals surface area contributed by atoms with E-state index in [1.165, 1.54) is 11.3 Å². The van der Waals surface area contributed by atoms with Crippen LogP contribution in [0.15, 0.2) is 30.3 Å². The molecule has 1 aliphatic carbocycles. The summed E-state index contributed by atoms with van der Waals surface area (Å²) >= 11 is 1.59. The molecule has 0 saturated heterocycles. The van der Waals surface area contributed by atoms with E-state index in [1.807, 2.05) is 37.3 Å². The Morgan fingerprint density at radius 3 is 2.91 bits per heavy atom. The molecule has 110 valence electrons. The van der Waals surface area contributed by atoms with Gasteiger partial charge in [-0.25, -0.2) is 4.98 Å². The summed E-state index contributed by atoms with van der Waals surface area (Å²) in [6.45, 7) is 1.95. The van der Waals surface area contributed by atoms with Crippen molar-refractivity contribution in [2.45, 2.75) is 26.2 Å². The quantitative estimate of drug-likeness (QED) is 0.784. The summed E-state index contributed by atoms with van der Waals surface area (Å²) in [5.41, 5.74) is 3.55. The zero-order valence-corrected chi connectivity index (χ0v) is 13.0. The van der Waals surface area contributed by atoms with Gasteiger partial charge in [0.15, 0.2) is 5.13 Å². The first kappa shape index (κ1) is 13.4. The number of rotatable bonds is 2. The fraction of sp³-hybridized carbons (Fsp3) is 0.235. The van der Waals surface area contributed by atoms with Crippen LogP contribution in [0.1, 0.15) is 33.0 Å². The van der Waals surface area contributed by atoms with E-state index in [1.54, 1.807) is 11.3 Å². The number of hydrogen-bond donors (Lipinski definition) is 1. The number of nitrogens with one attached hydrogen (secondary N) is 1. The number of fused-ring (bicyclic) bond motifs is 2. The Hall–Kier alpha value is -2.27. The smallest absolute Gasteiger partial charge is 0.257 e. The highest BCUT2D eigenvalue weighted by Gasteiger charge is 2.18. The molecule has 1 amide bonds. The number of benzene rings is 1. The van der Waals surface area contributed by atoms with Crippen molar-refractivity contribution >= 4 is 33.3 Å². The lowest BCUT2D eigenvalue weighted by molar-refractivity contribution is 0.102. The summed E-state index contributed by atoms with van der Waals surface area (Å²) in [6, 6.07) is 9.58. The van der Waals surface area contributed by atoms with Crippen molar-refractivity contribution in [3.8, 4) is 0 Å². The largest absolute Gasteiger partial charge is 0.298 e. The molecule has 2 aromatic heterocycles. The number of pyridine rings is 1. The Morgan fingerprint density at radius 1 is 1.18 bits per heavy atom. The Kier molecular flexibility index (Phi) is 3.15. The number of anilines is 1. The van der Waals surface area contributed by atoms with Crippen LogP contribution in [0.25, 0.3) is 10.9 Å². The van der Waals surface area contributed by atoms with Crippen molar-refractivity contribution < 1.29 is 4.79 Å². The van der Waals surface area contributed by atoms with Crippen LogP contribution in [0, 0.1) is 6.92 Å². The van der Waals surface area contributed by atoms with E-state index in [2.05, 4.69) is 15.3 Å². The lowest BCUT2D eigenvalue weighted by Crippen LogP contribution is -2.11. The van der Waals surface area contributed by atoms with Crippen LogP contribution in [0.2, 0.25) is 0 Å². The fourth-order valence-electron chi connectivity index (χ4n) is 2.77. The van der Waals surface area contributed by atoms with Crippen molar-refractivity contribution in [3.05, 3.63) is 52.2 Å². The number of aryl methyl sites for hydroxylation is 3. The minimum Gasteiger partial charge on any atom is -0.298 e. The van der Waals surface area contributed by atoms with E-state index in [-0.39, 0.29) is 5.91 Å². The number of carbonyl (C=O) groups excluding carboxylic acids is 1. The summed E-state index contributed by atoms with van der Waals surface area (Å²) in [7, 11) is 0. The van der Waals surface area contributed by atoms with Gasteiger partial charge in [-0.15, -0.1) is 11.3 Å². The van der Waals surface area contributed by atoms with Gasteiger partial charge in [-0.05, 0) is 44.4 Å². The zero-order chi connectivity index (χ0) is 15.1. The molecule has 4 rings (SSSR count). The number of hydrogen-bond acceptors (Lipinski definition) is 4.